The predicted molar refractivity (Wildman–Crippen MR) is 65.4 cm³/mol. The molecule has 2 rings (SSSR count). The van der Waals surface area contributed by atoms with E-state index in [2.05, 4.69) is 20.3 Å². The Bertz CT molecular complexity index is 592. The van der Waals surface area contributed by atoms with Crippen LogP contribution in [0.5, 0.6) is 0 Å². The first-order valence-electron chi connectivity index (χ1n) is 5.31. The summed E-state index contributed by atoms with van der Waals surface area (Å²) in [4.78, 5) is 12.5. The molecule has 0 aliphatic carbocycles. The molecule has 0 amide bonds. The maximum atomic E-state index is 8.90. The molecule has 0 aliphatic rings. The number of fused-ring (bicyclic) bond motifs is 1. The van der Waals surface area contributed by atoms with Gasteiger partial charge in [-0.3, -0.25) is 4.98 Å². The van der Waals surface area contributed by atoms with Crippen molar-refractivity contribution in [2.24, 2.45) is 0 Å². The first-order chi connectivity index (χ1) is 7.99. The molecule has 5 heteroatoms. The van der Waals surface area contributed by atoms with Crippen molar-refractivity contribution in [1.82, 2.24) is 15.0 Å². The SMILES string of the molecule is CC(C)(C)Nc1nc(C#N)nc2cccnc12. The number of anilines is 1. The van der Waals surface area contributed by atoms with E-state index < -0.39 is 0 Å². The summed E-state index contributed by atoms with van der Waals surface area (Å²) in [7, 11) is 0. The third-order valence-corrected chi connectivity index (χ3v) is 2.05. The predicted octanol–water partition coefficient (Wildman–Crippen LogP) is 2.11. The Morgan fingerprint density at radius 2 is 2.06 bits per heavy atom. The average Bonchev–Trinajstić information content (AvgIpc) is 2.26. The summed E-state index contributed by atoms with van der Waals surface area (Å²) >= 11 is 0. The Labute approximate surface area is 99.5 Å². The van der Waals surface area contributed by atoms with Crippen molar-refractivity contribution in [2.75, 3.05) is 5.32 Å². The quantitative estimate of drug-likeness (QED) is 0.807. The van der Waals surface area contributed by atoms with Gasteiger partial charge >= 0.3 is 0 Å². The van der Waals surface area contributed by atoms with Gasteiger partial charge in [0.05, 0.1) is 5.52 Å². The number of nitrogens with one attached hydrogen (secondary N) is 1. The lowest BCUT2D eigenvalue weighted by Crippen LogP contribution is -2.27. The maximum Gasteiger partial charge on any atom is 0.234 e. The fourth-order valence-corrected chi connectivity index (χ4v) is 1.46. The molecule has 86 valence electrons. The molecule has 0 aliphatic heterocycles. The van der Waals surface area contributed by atoms with E-state index in [1.54, 1.807) is 12.3 Å². The average molecular weight is 227 g/mol. The normalized spacial score (nSPS) is 11.2. The fraction of sp³-hybridized carbons (Fsp3) is 0.333. The summed E-state index contributed by atoms with van der Waals surface area (Å²) < 4.78 is 0. The second-order valence-electron chi connectivity index (χ2n) is 4.75. The van der Waals surface area contributed by atoms with Gasteiger partial charge in [0.2, 0.25) is 5.82 Å². The third kappa shape index (κ3) is 2.48. The molecule has 0 fully saturated rings. The van der Waals surface area contributed by atoms with Gasteiger partial charge in [0.15, 0.2) is 5.82 Å². The van der Waals surface area contributed by atoms with Gasteiger partial charge in [-0.25, -0.2) is 4.98 Å². The van der Waals surface area contributed by atoms with Gasteiger partial charge in [0.25, 0.3) is 0 Å². The molecule has 0 saturated heterocycles. The molecule has 0 unspecified atom stereocenters. The molecule has 17 heavy (non-hydrogen) atoms. The van der Waals surface area contributed by atoms with Crippen molar-refractivity contribution in [3.63, 3.8) is 0 Å². The molecule has 2 heterocycles. The van der Waals surface area contributed by atoms with Crippen LogP contribution in [0.4, 0.5) is 5.82 Å². The minimum Gasteiger partial charge on any atom is -0.364 e. The molecule has 0 bridgehead atoms. The summed E-state index contributed by atoms with van der Waals surface area (Å²) in [5.41, 5.74) is 1.21. The van der Waals surface area contributed by atoms with Gasteiger partial charge in [-0.15, -0.1) is 0 Å². The van der Waals surface area contributed by atoms with Crippen LogP contribution < -0.4 is 5.32 Å². The number of nitriles is 1. The van der Waals surface area contributed by atoms with E-state index in [0.29, 0.717) is 16.9 Å². The Morgan fingerprint density at radius 1 is 1.29 bits per heavy atom. The number of aromatic nitrogens is 3. The minimum absolute atomic E-state index is 0.147. The summed E-state index contributed by atoms with van der Waals surface area (Å²) in [6.45, 7) is 6.07. The first-order valence-corrected chi connectivity index (χ1v) is 5.31. The van der Waals surface area contributed by atoms with Crippen LogP contribution in [0.1, 0.15) is 26.6 Å². The van der Waals surface area contributed by atoms with Crippen LogP contribution in [0.2, 0.25) is 0 Å². The monoisotopic (exact) mass is 227 g/mol. The van der Waals surface area contributed by atoms with Crippen molar-refractivity contribution in [1.29, 1.82) is 5.26 Å². The zero-order valence-electron chi connectivity index (χ0n) is 10.0. The van der Waals surface area contributed by atoms with Crippen molar-refractivity contribution in [3.05, 3.63) is 24.2 Å². The van der Waals surface area contributed by atoms with Crippen LogP contribution in [-0.4, -0.2) is 20.5 Å². The van der Waals surface area contributed by atoms with E-state index in [0.717, 1.165) is 0 Å². The van der Waals surface area contributed by atoms with Gasteiger partial charge in [-0.05, 0) is 32.9 Å². The third-order valence-electron chi connectivity index (χ3n) is 2.05. The lowest BCUT2D eigenvalue weighted by atomic mass is 10.1. The Kier molecular flexibility index (Phi) is 2.64. The van der Waals surface area contributed by atoms with E-state index in [-0.39, 0.29) is 11.4 Å². The molecule has 1 N–H and O–H groups in total. The fourth-order valence-electron chi connectivity index (χ4n) is 1.46. The van der Waals surface area contributed by atoms with Crippen LogP contribution in [0.25, 0.3) is 11.0 Å². The molecule has 0 spiro atoms. The highest BCUT2D eigenvalue weighted by Gasteiger charge is 2.15. The lowest BCUT2D eigenvalue weighted by molar-refractivity contribution is 0.631. The molecule has 5 nitrogen and oxygen atoms in total. The summed E-state index contributed by atoms with van der Waals surface area (Å²) in [5.74, 6) is 0.747. The molecular formula is C12H13N5. The minimum atomic E-state index is -0.147. The molecular weight excluding hydrogens is 214 g/mol. The largest absolute Gasteiger partial charge is 0.364 e. The van der Waals surface area contributed by atoms with Gasteiger partial charge in [-0.1, -0.05) is 0 Å². The van der Waals surface area contributed by atoms with Gasteiger partial charge in [0.1, 0.15) is 11.6 Å². The number of nitrogens with zero attached hydrogens (tertiary/aromatic N) is 4. The zero-order valence-corrected chi connectivity index (χ0v) is 10.0. The topological polar surface area (TPSA) is 74.5 Å². The molecule has 2 aromatic rings. The Morgan fingerprint density at radius 3 is 2.71 bits per heavy atom. The molecule has 0 radical (unpaired) electrons. The van der Waals surface area contributed by atoms with Crippen LogP contribution >= 0.6 is 0 Å². The van der Waals surface area contributed by atoms with Gasteiger partial charge in [-0.2, -0.15) is 10.2 Å². The van der Waals surface area contributed by atoms with E-state index >= 15 is 0 Å². The van der Waals surface area contributed by atoms with E-state index in [4.69, 9.17) is 5.26 Å². The van der Waals surface area contributed by atoms with E-state index in [1.807, 2.05) is 32.9 Å². The number of hydrogen-bond donors (Lipinski definition) is 1. The summed E-state index contributed by atoms with van der Waals surface area (Å²) in [6, 6.07) is 5.56. The lowest BCUT2D eigenvalue weighted by Gasteiger charge is -2.21. The van der Waals surface area contributed by atoms with Crippen LogP contribution in [-0.2, 0) is 0 Å². The Hall–Kier alpha value is -2.22. The second kappa shape index (κ2) is 3.98. The smallest absolute Gasteiger partial charge is 0.234 e. The van der Waals surface area contributed by atoms with Gasteiger partial charge < -0.3 is 5.32 Å². The first kappa shape index (κ1) is 11.3. The highest BCUT2D eigenvalue weighted by molar-refractivity contribution is 5.85. The van der Waals surface area contributed by atoms with E-state index in [9.17, 15) is 0 Å². The van der Waals surface area contributed by atoms with Crippen molar-refractivity contribution >= 4 is 16.9 Å². The van der Waals surface area contributed by atoms with Crippen LogP contribution in [0, 0.1) is 11.3 Å². The molecule has 0 aromatic carbocycles. The maximum absolute atomic E-state index is 8.90. The van der Waals surface area contributed by atoms with Crippen molar-refractivity contribution in [3.8, 4) is 6.07 Å². The van der Waals surface area contributed by atoms with Crippen molar-refractivity contribution in [2.45, 2.75) is 26.3 Å². The molecule has 0 atom stereocenters. The van der Waals surface area contributed by atoms with Gasteiger partial charge in [0, 0.05) is 11.7 Å². The highest BCUT2D eigenvalue weighted by atomic mass is 15.1. The number of hydrogen-bond acceptors (Lipinski definition) is 5. The van der Waals surface area contributed by atoms with E-state index in [1.165, 1.54) is 0 Å². The molecule has 0 saturated carbocycles. The Balaban J connectivity index is 2.64. The molecule has 2 aromatic heterocycles. The number of pyridine rings is 1. The summed E-state index contributed by atoms with van der Waals surface area (Å²) in [6.07, 6.45) is 1.69. The standard InChI is InChI=1S/C12H13N5/c1-12(2,3)17-11-10-8(5-4-6-14-10)15-9(7-13)16-11/h4-6H,1-3H3,(H,15,16,17). The number of rotatable bonds is 1. The van der Waals surface area contributed by atoms with Crippen LogP contribution in [0.3, 0.4) is 0 Å². The van der Waals surface area contributed by atoms with Crippen molar-refractivity contribution < 1.29 is 0 Å². The second-order valence-corrected chi connectivity index (χ2v) is 4.75. The zero-order chi connectivity index (χ0) is 12.5. The summed E-state index contributed by atoms with van der Waals surface area (Å²) in [5, 5.41) is 12.1. The highest BCUT2D eigenvalue weighted by Crippen LogP contribution is 2.20. The van der Waals surface area contributed by atoms with Crippen LogP contribution in [0.15, 0.2) is 18.3 Å².